The number of benzene rings is 3. The van der Waals surface area contributed by atoms with Gasteiger partial charge in [-0.3, -0.25) is 9.59 Å². The molecule has 0 aliphatic rings. The van der Waals surface area contributed by atoms with Crippen LogP contribution in [0.15, 0.2) is 77.9 Å². The summed E-state index contributed by atoms with van der Waals surface area (Å²) in [6, 6.07) is 22.1. The zero-order valence-electron chi connectivity index (χ0n) is 18.3. The number of amides is 2. The smallest absolute Gasteiger partial charge is 0.271 e. The van der Waals surface area contributed by atoms with Gasteiger partial charge in [0.1, 0.15) is 0 Å². The number of nitrogens with zero attached hydrogens (tertiary/aromatic N) is 1. The zero-order chi connectivity index (χ0) is 22.4. The van der Waals surface area contributed by atoms with Crippen LogP contribution in [0.2, 0.25) is 0 Å². The molecule has 0 spiro atoms. The maximum absolute atomic E-state index is 12.5. The lowest BCUT2D eigenvalue weighted by atomic mass is 9.87. The second kappa shape index (κ2) is 9.39. The lowest BCUT2D eigenvalue weighted by molar-refractivity contribution is 0.0954. The van der Waals surface area contributed by atoms with Crippen molar-refractivity contribution in [1.82, 2.24) is 5.43 Å². The Balaban J connectivity index is 1.58. The quantitative estimate of drug-likeness (QED) is 0.440. The largest absolute Gasteiger partial charge is 0.322 e. The molecule has 0 fully saturated rings. The van der Waals surface area contributed by atoms with Gasteiger partial charge in [0.2, 0.25) is 0 Å². The Hall–Kier alpha value is -3.73. The van der Waals surface area contributed by atoms with Gasteiger partial charge < -0.3 is 5.32 Å². The fourth-order valence-corrected chi connectivity index (χ4v) is 3.01. The average Bonchev–Trinajstić information content (AvgIpc) is 2.74. The molecule has 0 aromatic heterocycles. The molecule has 5 heteroatoms. The summed E-state index contributed by atoms with van der Waals surface area (Å²) in [7, 11) is 0. The fourth-order valence-electron chi connectivity index (χ4n) is 3.01. The molecule has 3 aromatic carbocycles. The van der Waals surface area contributed by atoms with Crippen LogP contribution in [-0.4, -0.2) is 18.0 Å². The molecule has 0 unspecified atom stereocenters. The maximum atomic E-state index is 12.5. The molecule has 0 radical (unpaired) electrons. The fraction of sp³-hybridized carbons (Fsp3) is 0.192. The number of nitrogens with one attached hydrogen (secondary N) is 2. The first-order valence-corrected chi connectivity index (χ1v) is 10.1. The highest BCUT2D eigenvalue weighted by Crippen LogP contribution is 2.22. The van der Waals surface area contributed by atoms with Gasteiger partial charge in [-0.1, -0.05) is 62.7 Å². The lowest BCUT2D eigenvalue weighted by Gasteiger charge is -2.19. The molecule has 2 N–H and O–H groups in total. The van der Waals surface area contributed by atoms with Crippen LogP contribution >= 0.6 is 0 Å². The van der Waals surface area contributed by atoms with Crippen molar-refractivity contribution in [2.24, 2.45) is 5.10 Å². The van der Waals surface area contributed by atoms with Crippen LogP contribution in [0.5, 0.6) is 0 Å². The minimum atomic E-state index is -0.320. The first-order valence-electron chi connectivity index (χ1n) is 10.1. The predicted octanol–water partition coefficient (Wildman–Crippen LogP) is 5.31. The van der Waals surface area contributed by atoms with Crippen LogP contribution in [0.25, 0.3) is 0 Å². The van der Waals surface area contributed by atoms with Gasteiger partial charge >= 0.3 is 0 Å². The van der Waals surface area contributed by atoms with Crippen molar-refractivity contribution in [3.8, 4) is 0 Å². The van der Waals surface area contributed by atoms with Gasteiger partial charge in [-0.05, 0) is 59.9 Å². The van der Waals surface area contributed by atoms with E-state index in [0.29, 0.717) is 16.8 Å². The van der Waals surface area contributed by atoms with Crippen molar-refractivity contribution >= 4 is 23.7 Å². The molecule has 31 heavy (non-hydrogen) atoms. The van der Waals surface area contributed by atoms with Crippen molar-refractivity contribution in [2.75, 3.05) is 5.32 Å². The van der Waals surface area contributed by atoms with Gasteiger partial charge in [0.05, 0.1) is 6.21 Å². The molecular formula is C26H27N3O2. The van der Waals surface area contributed by atoms with E-state index in [0.717, 1.165) is 11.1 Å². The van der Waals surface area contributed by atoms with E-state index < -0.39 is 0 Å². The number of aryl methyl sites for hydroxylation is 1. The molecular weight excluding hydrogens is 386 g/mol. The molecule has 158 valence electrons. The van der Waals surface area contributed by atoms with Crippen molar-refractivity contribution in [3.05, 3.63) is 101 Å². The number of carbonyl (C=O) groups excluding carboxylic acids is 2. The van der Waals surface area contributed by atoms with Crippen LogP contribution < -0.4 is 10.7 Å². The van der Waals surface area contributed by atoms with Gasteiger partial charge in [0, 0.05) is 16.8 Å². The van der Waals surface area contributed by atoms with Gasteiger partial charge in [-0.2, -0.15) is 5.10 Å². The molecule has 2 amide bonds. The molecule has 0 saturated heterocycles. The minimum Gasteiger partial charge on any atom is -0.322 e. The van der Waals surface area contributed by atoms with Crippen LogP contribution in [0.4, 0.5) is 5.69 Å². The molecule has 3 aromatic rings. The first-order chi connectivity index (χ1) is 14.7. The topological polar surface area (TPSA) is 70.6 Å². The minimum absolute atomic E-state index is 0.0372. The third kappa shape index (κ3) is 6.12. The molecule has 0 saturated carbocycles. The number of hydrogen-bond acceptors (Lipinski definition) is 3. The van der Waals surface area contributed by atoms with E-state index in [1.54, 1.807) is 30.5 Å². The Morgan fingerprint density at radius 3 is 2.06 bits per heavy atom. The van der Waals surface area contributed by atoms with Gasteiger partial charge in [0.25, 0.3) is 11.8 Å². The number of rotatable bonds is 5. The summed E-state index contributed by atoms with van der Waals surface area (Å²) in [4.78, 5) is 24.7. The Morgan fingerprint density at radius 2 is 1.45 bits per heavy atom. The van der Waals surface area contributed by atoms with Gasteiger partial charge in [0.15, 0.2) is 0 Å². The average molecular weight is 414 g/mol. The van der Waals surface area contributed by atoms with Crippen molar-refractivity contribution in [3.63, 3.8) is 0 Å². The monoisotopic (exact) mass is 413 g/mol. The van der Waals surface area contributed by atoms with Crippen LogP contribution in [0.3, 0.4) is 0 Å². The van der Waals surface area contributed by atoms with E-state index in [1.807, 2.05) is 55.5 Å². The molecule has 0 heterocycles. The summed E-state index contributed by atoms with van der Waals surface area (Å²) in [6.45, 7) is 8.40. The van der Waals surface area contributed by atoms with E-state index in [4.69, 9.17) is 0 Å². The van der Waals surface area contributed by atoms with Crippen molar-refractivity contribution in [2.45, 2.75) is 33.1 Å². The van der Waals surface area contributed by atoms with Gasteiger partial charge in [-0.25, -0.2) is 5.43 Å². The maximum Gasteiger partial charge on any atom is 0.271 e. The zero-order valence-corrected chi connectivity index (χ0v) is 18.3. The van der Waals surface area contributed by atoms with Crippen molar-refractivity contribution in [1.29, 1.82) is 0 Å². The van der Waals surface area contributed by atoms with E-state index in [1.165, 1.54) is 5.56 Å². The van der Waals surface area contributed by atoms with Crippen LogP contribution in [-0.2, 0) is 5.41 Å². The van der Waals surface area contributed by atoms with E-state index in [-0.39, 0.29) is 17.2 Å². The van der Waals surface area contributed by atoms with Crippen molar-refractivity contribution < 1.29 is 9.59 Å². The standard InChI is InChI=1S/C26H27N3O2/c1-18-6-5-7-19(16-18)17-27-29-25(31)21-10-14-23(15-11-21)28-24(30)20-8-12-22(13-9-20)26(2,3)4/h5-17H,1-4H3,(H,28,30)(H,29,31). The van der Waals surface area contributed by atoms with Crippen LogP contribution in [0.1, 0.15) is 58.2 Å². The summed E-state index contributed by atoms with van der Waals surface area (Å²) in [5.41, 5.74) is 7.41. The molecule has 3 rings (SSSR count). The van der Waals surface area contributed by atoms with E-state index in [2.05, 4.69) is 36.6 Å². The molecule has 0 atom stereocenters. The highest BCUT2D eigenvalue weighted by atomic mass is 16.2. The second-order valence-electron chi connectivity index (χ2n) is 8.47. The third-order valence-corrected chi connectivity index (χ3v) is 4.84. The molecule has 0 bridgehead atoms. The third-order valence-electron chi connectivity index (χ3n) is 4.84. The Morgan fingerprint density at radius 1 is 0.839 bits per heavy atom. The Kier molecular flexibility index (Phi) is 6.65. The van der Waals surface area contributed by atoms with E-state index >= 15 is 0 Å². The second-order valence-corrected chi connectivity index (χ2v) is 8.47. The summed E-state index contributed by atoms with van der Waals surface area (Å²) in [6.07, 6.45) is 1.60. The molecule has 5 nitrogen and oxygen atoms in total. The van der Waals surface area contributed by atoms with Crippen LogP contribution in [0, 0.1) is 6.92 Å². The highest BCUT2D eigenvalue weighted by Gasteiger charge is 2.14. The SMILES string of the molecule is Cc1cccc(C=NNC(=O)c2ccc(NC(=O)c3ccc(C(C)(C)C)cc3)cc2)c1. The number of hydrogen-bond donors (Lipinski definition) is 2. The Bertz CT molecular complexity index is 1090. The predicted molar refractivity (Wildman–Crippen MR) is 126 cm³/mol. The first kappa shape index (κ1) is 22.0. The van der Waals surface area contributed by atoms with E-state index in [9.17, 15) is 9.59 Å². The normalized spacial score (nSPS) is 11.4. The lowest BCUT2D eigenvalue weighted by Crippen LogP contribution is -2.18. The summed E-state index contributed by atoms with van der Waals surface area (Å²) in [5, 5.41) is 6.85. The summed E-state index contributed by atoms with van der Waals surface area (Å²) in [5.74, 6) is -0.514. The number of hydrazone groups is 1. The summed E-state index contributed by atoms with van der Waals surface area (Å²) >= 11 is 0. The number of carbonyl (C=O) groups is 2. The molecule has 0 aliphatic heterocycles. The highest BCUT2D eigenvalue weighted by molar-refractivity contribution is 6.04. The van der Waals surface area contributed by atoms with Gasteiger partial charge in [-0.15, -0.1) is 0 Å². The molecule has 0 aliphatic carbocycles. The Labute approximate surface area is 183 Å². The number of anilines is 1. The summed E-state index contributed by atoms with van der Waals surface area (Å²) < 4.78 is 0.